The topological polar surface area (TPSA) is 75.2 Å². The minimum absolute atomic E-state index is 0.0537. The van der Waals surface area contributed by atoms with E-state index in [9.17, 15) is 4.79 Å². The Bertz CT molecular complexity index is 742. The molecule has 2 rings (SSSR count). The summed E-state index contributed by atoms with van der Waals surface area (Å²) in [5.41, 5.74) is 3.22. The molecule has 1 aromatic rings. The predicted octanol–water partition coefficient (Wildman–Crippen LogP) is 3.45. The molecular formula is C21H31N5O. The molecule has 0 aliphatic carbocycles. The third-order valence-corrected chi connectivity index (χ3v) is 5.45. The highest BCUT2D eigenvalue weighted by atomic mass is 16.2. The minimum atomic E-state index is -0.0798. The standard InChI is InChI=1S/C21H31N5O/c1-6-15(2)13-18(17-8-11-24-21(17)23-4)25(5)19-14-26(12-9-16(19)3)20(27)7-10-22/h8,11,13,16,19,23-24H,2,6-7,9,12,14H2,1,3-5H3/b18-13+. The monoisotopic (exact) mass is 369 g/mol. The van der Waals surface area contributed by atoms with Crippen molar-refractivity contribution in [2.24, 2.45) is 5.92 Å². The van der Waals surface area contributed by atoms with Crippen LogP contribution in [0.3, 0.4) is 0 Å². The number of piperidine rings is 1. The van der Waals surface area contributed by atoms with Crippen molar-refractivity contribution in [2.45, 2.75) is 39.2 Å². The smallest absolute Gasteiger partial charge is 0.236 e. The van der Waals surface area contributed by atoms with Crippen LogP contribution in [0.25, 0.3) is 5.70 Å². The summed E-state index contributed by atoms with van der Waals surface area (Å²) >= 11 is 0. The molecule has 1 fully saturated rings. The fraction of sp³-hybridized carbons (Fsp3) is 0.524. The van der Waals surface area contributed by atoms with Crippen molar-refractivity contribution in [3.05, 3.63) is 36.1 Å². The van der Waals surface area contributed by atoms with Gasteiger partial charge < -0.3 is 20.1 Å². The van der Waals surface area contributed by atoms with Crippen LogP contribution in [0.4, 0.5) is 5.82 Å². The summed E-state index contributed by atoms with van der Waals surface area (Å²) in [5.74, 6) is 1.32. The molecule has 1 aliphatic rings. The number of carbonyl (C=O) groups is 1. The molecular weight excluding hydrogens is 338 g/mol. The third-order valence-electron chi connectivity index (χ3n) is 5.45. The summed E-state index contributed by atoms with van der Waals surface area (Å²) in [7, 11) is 3.98. The summed E-state index contributed by atoms with van der Waals surface area (Å²) in [4.78, 5) is 19.6. The molecule has 6 heteroatoms. The molecule has 1 aromatic heterocycles. The van der Waals surface area contributed by atoms with E-state index >= 15 is 0 Å². The number of amides is 1. The average Bonchev–Trinajstić information content (AvgIpc) is 3.14. The lowest BCUT2D eigenvalue weighted by atomic mass is 9.91. The van der Waals surface area contributed by atoms with Crippen LogP contribution in [0.2, 0.25) is 0 Å². The van der Waals surface area contributed by atoms with E-state index in [4.69, 9.17) is 5.26 Å². The number of likely N-dealkylation sites (N-methyl/N-ethyl adjacent to an activating group) is 1. The van der Waals surface area contributed by atoms with Gasteiger partial charge in [-0.05, 0) is 30.9 Å². The number of nitrogens with zero attached hydrogens (tertiary/aromatic N) is 3. The Morgan fingerprint density at radius 2 is 2.33 bits per heavy atom. The Kier molecular flexibility index (Phi) is 7.12. The van der Waals surface area contributed by atoms with Crippen LogP contribution in [0, 0.1) is 17.2 Å². The van der Waals surface area contributed by atoms with Crippen LogP contribution < -0.4 is 5.32 Å². The molecule has 0 spiro atoms. The molecule has 2 unspecified atom stereocenters. The molecule has 2 heterocycles. The number of aromatic amines is 1. The Morgan fingerprint density at radius 1 is 1.59 bits per heavy atom. The number of rotatable bonds is 7. The molecule has 2 atom stereocenters. The van der Waals surface area contributed by atoms with E-state index in [1.54, 1.807) is 0 Å². The van der Waals surface area contributed by atoms with E-state index in [0.717, 1.165) is 42.0 Å². The third kappa shape index (κ3) is 4.73. The summed E-state index contributed by atoms with van der Waals surface area (Å²) < 4.78 is 0. The first-order chi connectivity index (χ1) is 12.9. The van der Waals surface area contributed by atoms with Crippen molar-refractivity contribution < 1.29 is 4.79 Å². The molecule has 1 amide bonds. The number of likely N-dealkylation sites (tertiary alicyclic amines) is 1. The fourth-order valence-corrected chi connectivity index (χ4v) is 3.59. The van der Waals surface area contributed by atoms with Crippen molar-refractivity contribution in [1.29, 1.82) is 5.26 Å². The zero-order valence-electron chi connectivity index (χ0n) is 16.9. The number of anilines is 1. The molecule has 0 saturated carbocycles. The number of aromatic nitrogens is 1. The first-order valence-corrected chi connectivity index (χ1v) is 9.55. The van der Waals surface area contributed by atoms with Gasteiger partial charge in [-0.25, -0.2) is 0 Å². The average molecular weight is 370 g/mol. The van der Waals surface area contributed by atoms with E-state index in [2.05, 4.69) is 54.8 Å². The Labute approximate surface area is 162 Å². The van der Waals surface area contributed by atoms with E-state index in [-0.39, 0.29) is 18.4 Å². The molecule has 1 aliphatic heterocycles. The highest BCUT2D eigenvalue weighted by molar-refractivity contribution is 5.78. The zero-order valence-corrected chi connectivity index (χ0v) is 16.9. The van der Waals surface area contributed by atoms with Crippen molar-refractivity contribution >= 4 is 17.4 Å². The lowest BCUT2D eigenvalue weighted by Crippen LogP contribution is -2.51. The summed E-state index contributed by atoms with van der Waals surface area (Å²) in [5, 5.41) is 12.1. The van der Waals surface area contributed by atoms with Gasteiger partial charge in [-0.3, -0.25) is 4.79 Å². The minimum Gasteiger partial charge on any atom is -0.374 e. The van der Waals surface area contributed by atoms with Gasteiger partial charge in [0.2, 0.25) is 5.91 Å². The maximum absolute atomic E-state index is 12.2. The molecule has 146 valence electrons. The number of nitriles is 1. The van der Waals surface area contributed by atoms with E-state index < -0.39 is 0 Å². The summed E-state index contributed by atoms with van der Waals surface area (Å²) in [6.07, 6.45) is 5.81. The fourth-order valence-electron chi connectivity index (χ4n) is 3.59. The van der Waals surface area contributed by atoms with Crippen LogP contribution in [0.5, 0.6) is 0 Å². The van der Waals surface area contributed by atoms with Crippen molar-refractivity contribution in [2.75, 3.05) is 32.5 Å². The van der Waals surface area contributed by atoms with Gasteiger partial charge in [0.15, 0.2) is 0 Å². The number of allylic oxidation sites excluding steroid dienone is 2. The van der Waals surface area contributed by atoms with Gasteiger partial charge in [0.05, 0.1) is 6.07 Å². The van der Waals surface area contributed by atoms with Gasteiger partial charge in [-0.2, -0.15) is 5.26 Å². The lowest BCUT2D eigenvalue weighted by molar-refractivity contribution is -0.132. The molecule has 0 radical (unpaired) electrons. The largest absolute Gasteiger partial charge is 0.374 e. The normalized spacial score (nSPS) is 20.1. The molecule has 0 bridgehead atoms. The van der Waals surface area contributed by atoms with E-state index in [0.29, 0.717) is 12.5 Å². The van der Waals surface area contributed by atoms with Gasteiger partial charge in [0.25, 0.3) is 0 Å². The van der Waals surface area contributed by atoms with Crippen LogP contribution in [-0.4, -0.2) is 53.9 Å². The second-order valence-corrected chi connectivity index (χ2v) is 7.18. The van der Waals surface area contributed by atoms with Crippen molar-refractivity contribution in [3.8, 4) is 6.07 Å². The number of hydrogen-bond acceptors (Lipinski definition) is 4. The second kappa shape index (κ2) is 9.31. The van der Waals surface area contributed by atoms with Gasteiger partial charge >= 0.3 is 0 Å². The lowest BCUT2D eigenvalue weighted by Gasteiger charge is -2.43. The predicted molar refractivity (Wildman–Crippen MR) is 110 cm³/mol. The van der Waals surface area contributed by atoms with Crippen LogP contribution >= 0.6 is 0 Å². The van der Waals surface area contributed by atoms with Gasteiger partial charge in [0.1, 0.15) is 12.2 Å². The first-order valence-electron chi connectivity index (χ1n) is 9.55. The maximum Gasteiger partial charge on any atom is 0.236 e. The SMILES string of the molecule is C=C(/C=C(\c1cc[nH]c1NC)N(C)C1CN(C(=O)CC#N)CCC1C)CC. The zero-order chi connectivity index (χ0) is 20.0. The van der Waals surface area contributed by atoms with Crippen LogP contribution in [-0.2, 0) is 4.79 Å². The van der Waals surface area contributed by atoms with E-state index in [1.807, 2.05) is 24.2 Å². The molecule has 27 heavy (non-hydrogen) atoms. The van der Waals surface area contributed by atoms with Crippen LogP contribution in [0.1, 0.15) is 38.7 Å². The highest BCUT2D eigenvalue weighted by Crippen LogP contribution is 2.32. The Balaban J connectivity index is 2.34. The quantitative estimate of drug-likeness (QED) is 0.722. The first kappa shape index (κ1) is 20.6. The molecule has 0 aromatic carbocycles. The summed E-state index contributed by atoms with van der Waals surface area (Å²) in [6.45, 7) is 9.84. The number of nitrogens with one attached hydrogen (secondary N) is 2. The second-order valence-electron chi connectivity index (χ2n) is 7.18. The van der Waals surface area contributed by atoms with Gasteiger partial charge in [-0.1, -0.05) is 26.0 Å². The van der Waals surface area contributed by atoms with Gasteiger partial charge in [-0.15, -0.1) is 0 Å². The van der Waals surface area contributed by atoms with Gasteiger partial charge in [0, 0.05) is 50.7 Å². The van der Waals surface area contributed by atoms with E-state index in [1.165, 1.54) is 0 Å². The molecule has 1 saturated heterocycles. The van der Waals surface area contributed by atoms with Crippen molar-refractivity contribution in [1.82, 2.24) is 14.8 Å². The number of carbonyl (C=O) groups excluding carboxylic acids is 1. The maximum atomic E-state index is 12.2. The molecule has 2 N–H and O–H groups in total. The molecule has 6 nitrogen and oxygen atoms in total. The van der Waals surface area contributed by atoms with Crippen molar-refractivity contribution in [3.63, 3.8) is 0 Å². The Morgan fingerprint density at radius 3 is 2.96 bits per heavy atom. The number of H-pyrrole nitrogens is 1. The Hall–Kier alpha value is -2.68. The summed E-state index contributed by atoms with van der Waals surface area (Å²) in [6, 6.07) is 4.21. The number of hydrogen-bond donors (Lipinski definition) is 2. The highest BCUT2D eigenvalue weighted by Gasteiger charge is 2.33. The van der Waals surface area contributed by atoms with Crippen LogP contribution in [0.15, 0.2) is 30.5 Å².